The molecule has 1 rings (SSSR count). The highest BCUT2D eigenvalue weighted by molar-refractivity contribution is 5.11. The molecule has 0 bridgehead atoms. The maximum Gasteiger partial charge on any atom is 0.139 e. The van der Waals surface area contributed by atoms with Gasteiger partial charge in [-0.15, -0.1) is 0 Å². The van der Waals surface area contributed by atoms with Gasteiger partial charge >= 0.3 is 0 Å². The highest BCUT2D eigenvalue weighted by Crippen LogP contribution is 2.22. The van der Waals surface area contributed by atoms with Crippen LogP contribution in [-0.2, 0) is 0 Å². The Balaban J connectivity index is 2.77. The van der Waals surface area contributed by atoms with E-state index in [9.17, 15) is 0 Å². The first-order chi connectivity index (χ1) is 5.65. The second-order valence-corrected chi connectivity index (χ2v) is 3.62. The molecule has 0 aromatic carbocycles. The Hall–Kier alpha value is -0.790. The molecule has 0 aliphatic rings. The summed E-state index contributed by atoms with van der Waals surface area (Å²) in [6.45, 7) is 8.56. The van der Waals surface area contributed by atoms with E-state index < -0.39 is 0 Å². The van der Waals surface area contributed by atoms with Crippen molar-refractivity contribution in [2.45, 2.75) is 46.0 Å². The molecular weight excluding hydrogens is 150 g/mol. The van der Waals surface area contributed by atoms with E-state index in [2.05, 4.69) is 38.9 Å². The molecule has 1 atom stereocenters. The highest BCUT2D eigenvalue weighted by Gasteiger charge is 2.11. The molecule has 12 heavy (non-hydrogen) atoms. The maximum absolute atomic E-state index is 5.23. The van der Waals surface area contributed by atoms with E-state index in [1.54, 1.807) is 0 Å². The first-order valence-corrected chi connectivity index (χ1v) is 4.61. The van der Waals surface area contributed by atoms with E-state index in [4.69, 9.17) is 4.52 Å². The number of nitrogens with zero attached hydrogens (tertiary/aromatic N) is 1. The molecule has 0 aliphatic heterocycles. The SMILES string of the molecule is CCC(C)c1cc(C(C)C)no1. The minimum Gasteiger partial charge on any atom is -0.361 e. The highest BCUT2D eigenvalue weighted by atomic mass is 16.5. The summed E-state index contributed by atoms with van der Waals surface area (Å²) < 4.78 is 5.23. The van der Waals surface area contributed by atoms with Gasteiger partial charge in [-0.05, 0) is 12.3 Å². The van der Waals surface area contributed by atoms with E-state index in [1.165, 1.54) is 0 Å². The molecule has 2 heteroatoms. The summed E-state index contributed by atoms with van der Waals surface area (Å²) in [5.74, 6) is 1.97. The van der Waals surface area contributed by atoms with Gasteiger partial charge in [0.05, 0.1) is 5.69 Å². The van der Waals surface area contributed by atoms with Gasteiger partial charge in [0.15, 0.2) is 0 Å². The van der Waals surface area contributed by atoms with Crippen molar-refractivity contribution >= 4 is 0 Å². The average Bonchev–Trinajstić information content (AvgIpc) is 2.51. The zero-order valence-corrected chi connectivity index (χ0v) is 8.29. The standard InChI is InChI=1S/C10H17NO/c1-5-8(4)10-6-9(7(2)3)11-12-10/h6-8H,5H2,1-4H3. The van der Waals surface area contributed by atoms with Crippen LogP contribution in [-0.4, -0.2) is 5.16 Å². The summed E-state index contributed by atoms with van der Waals surface area (Å²) in [4.78, 5) is 0. The monoisotopic (exact) mass is 167 g/mol. The zero-order chi connectivity index (χ0) is 9.14. The third-order valence-electron chi connectivity index (χ3n) is 2.24. The molecule has 0 amide bonds. The fourth-order valence-electron chi connectivity index (χ4n) is 1.01. The summed E-state index contributed by atoms with van der Waals surface area (Å²) in [7, 11) is 0. The quantitative estimate of drug-likeness (QED) is 0.690. The molecule has 0 aliphatic carbocycles. The van der Waals surface area contributed by atoms with Crippen LogP contribution in [0.2, 0.25) is 0 Å². The van der Waals surface area contributed by atoms with Gasteiger partial charge in [0.2, 0.25) is 0 Å². The minimum absolute atomic E-state index is 0.464. The van der Waals surface area contributed by atoms with Crippen LogP contribution in [0.1, 0.15) is 57.4 Å². The predicted molar refractivity (Wildman–Crippen MR) is 49.3 cm³/mol. The molecule has 0 saturated carbocycles. The Morgan fingerprint density at radius 3 is 2.50 bits per heavy atom. The summed E-state index contributed by atoms with van der Waals surface area (Å²) in [6.07, 6.45) is 1.10. The van der Waals surface area contributed by atoms with E-state index >= 15 is 0 Å². The third kappa shape index (κ3) is 1.87. The van der Waals surface area contributed by atoms with Crippen LogP contribution in [0.4, 0.5) is 0 Å². The van der Waals surface area contributed by atoms with Crippen LogP contribution in [0.15, 0.2) is 10.6 Å². The average molecular weight is 167 g/mol. The van der Waals surface area contributed by atoms with E-state index in [1.807, 2.05) is 0 Å². The zero-order valence-electron chi connectivity index (χ0n) is 8.29. The van der Waals surface area contributed by atoms with Gasteiger partial charge in [-0.25, -0.2) is 0 Å². The van der Waals surface area contributed by atoms with Crippen molar-refractivity contribution in [3.63, 3.8) is 0 Å². The van der Waals surface area contributed by atoms with Gasteiger partial charge < -0.3 is 4.52 Å². The van der Waals surface area contributed by atoms with Gasteiger partial charge in [-0.2, -0.15) is 0 Å². The number of aromatic nitrogens is 1. The minimum atomic E-state index is 0.464. The van der Waals surface area contributed by atoms with Gasteiger partial charge in [0.1, 0.15) is 5.76 Å². The van der Waals surface area contributed by atoms with E-state index in [0.29, 0.717) is 11.8 Å². The summed E-state index contributed by atoms with van der Waals surface area (Å²) in [5.41, 5.74) is 1.06. The number of rotatable bonds is 3. The van der Waals surface area contributed by atoms with Crippen LogP contribution in [0.3, 0.4) is 0 Å². The van der Waals surface area contributed by atoms with Crippen LogP contribution in [0, 0.1) is 0 Å². The molecule has 0 saturated heterocycles. The Labute approximate surface area is 74.0 Å². The predicted octanol–water partition coefficient (Wildman–Crippen LogP) is 3.31. The smallest absolute Gasteiger partial charge is 0.139 e. The van der Waals surface area contributed by atoms with Gasteiger partial charge in [-0.1, -0.05) is 32.9 Å². The number of hydrogen-bond acceptors (Lipinski definition) is 2. The Bertz CT molecular complexity index is 240. The summed E-state index contributed by atoms with van der Waals surface area (Å²) >= 11 is 0. The van der Waals surface area contributed by atoms with Crippen molar-refractivity contribution in [2.24, 2.45) is 0 Å². The van der Waals surface area contributed by atoms with Crippen molar-refractivity contribution in [1.82, 2.24) is 5.16 Å². The van der Waals surface area contributed by atoms with Crippen molar-refractivity contribution in [2.75, 3.05) is 0 Å². The first-order valence-electron chi connectivity index (χ1n) is 4.61. The normalized spacial score (nSPS) is 13.8. The van der Waals surface area contributed by atoms with E-state index in [-0.39, 0.29) is 0 Å². The fraction of sp³-hybridized carbons (Fsp3) is 0.700. The topological polar surface area (TPSA) is 26.0 Å². The molecule has 0 N–H and O–H groups in total. The fourth-order valence-corrected chi connectivity index (χ4v) is 1.01. The van der Waals surface area contributed by atoms with Crippen LogP contribution >= 0.6 is 0 Å². The van der Waals surface area contributed by atoms with Crippen molar-refractivity contribution in [3.8, 4) is 0 Å². The molecule has 1 heterocycles. The Kier molecular flexibility index (Phi) is 2.90. The molecule has 68 valence electrons. The molecule has 1 aromatic rings. The molecular formula is C10H17NO. The molecule has 0 fully saturated rings. The lowest BCUT2D eigenvalue weighted by atomic mass is 10.0. The van der Waals surface area contributed by atoms with E-state index in [0.717, 1.165) is 17.9 Å². The first kappa shape index (κ1) is 9.30. The molecule has 0 radical (unpaired) electrons. The lowest BCUT2D eigenvalue weighted by molar-refractivity contribution is 0.356. The lowest BCUT2D eigenvalue weighted by Crippen LogP contribution is -1.87. The second-order valence-electron chi connectivity index (χ2n) is 3.62. The van der Waals surface area contributed by atoms with Gasteiger partial charge in [-0.3, -0.25) is 0 Å². The third-order valence-corrected chi connectivity index (χ3v) is 2.24. The van der Waals surface area contributed by atoms with Crippen molar-refractivity contribution in [1.29, 1.82) is 0 Å². The lowest BCUT2D eigenvalue weighted by Gasteiger charge is -2.00. The summed E-state index contributed by atoms with van der Waals surface area (Å²) in [5, 5.41) is 4.01. The van der Waals surface area contributed by atoms with Crippen LogP contribution < -0.4 is 0 Å². The Morgan fingerprint density at radius 2 is 2.08 bits per heavy atom. The largest absolute Gasteiger partial charge is 0.361 e. The maximum atomic E-state index is 5.23. The summed E-state index contributed by atoms with van der Waals surface area (Å²) in [6, 6.07) is 2.07. The molecule has 2 nitrogen and oxygen atoms in total. The van der Waals surface area contributed by atoms with Crippen LogP contribution in [0.25, 0.3) is 0 Å². The van der Waals surface area contributed by atoms with Gasteiger partial charge in [0.25, 0.3) is 0 Å². The number of hydrogen-bond donors (Lipinski definition) is 0. The molecule has 1 aromatic heterocycles. The second kappa shape index (κ2) is 3.74. The van der Waals surface area contributed by atoms with Crippen LogP contribution in [0.5, 0.6) is 0 Å². The Morgan fingerprint density at radius 1 is 1.42 bits per heavy atom. The van der Waals surface area contributed by atoms with Crippen molar-refractivity contribution < 1.29 is 4.52 Å². The molecule has 1 unspecified atom stereocenters. The molecule has 0 spiro atoms. The van der Waals surface area contributed by atoms with Crippen molar-refractivity contribution in [3.05, 3.63) is 17.5 Å². The van der Waals surface area contributed by atoms with Gasteiger partial charge in [0, 0.05) is 12.0 Å².